The molecule has 4 rings (SSSR count). The number of anilines is 1. The molecule has 1 saturated heterocycles. The summed E-state index contributed by atoms with van der Waals surface area (Å²) in [5, 5.41) is 7.88. The number of piperazine rings is 1. The van der Waals surface area contributed by atoms with Gasteiger partial charge >= 0.3 is 6.18 Å². The van der Waals surface area contributed by atoms with Crippen molar-refractivity contribution in [2.75, 3.05) is 37.6 Å². The number of para-hydroxylation sites is 1. The van der Waals surface area contributed by atoms with E-state index < -0.39 is 11.7 Å². The molecule has 1 fully saturated rings. The number of hydrogen-bond acceptors (Lipinski definition) is 4. The van der Waals surface area contributed by atoms with Crippen LogP contribution < -0.4 is 4.90 Å². The predicted octanol–water partition coefficient (Wildman–Crippen LogP) is 4.18. The number of benzene rings is 2. The van der Waals surface area contributed by atoms with Gasteiger partial charge in [-0.05, 0) is 24.6 Å². The minimum atomic E-state index is -4.41. The molecule has 2 heterocycles. The van der Waals surface area contributed by atoms with E-state index in [1.807, 2.05) is 18.2 Å². The summed E-state index contributed by atoms with van der Waals surface area (Å²) in [7, 11) is 0. The maximum atomic E-state index is 13.4. The second-order valence-corrected chi connectivity index (χ2v) is 7.40. The number of aromatic nitrogens is 3. The minimum Gasteiger partial charge on any atom is -0.369 e. The van der Waals surface area contributed by atoms with E-state index in [-0.39, 0.29) is 5.56 Å². The van der Waals surface area contributed by atoms with Gasteiger partial charge in [-0.1, -0.05) is 41.6 Å². The number of aryl methyl sites for hydroxylation is 1. The van der Waals surface area contributed by atoms with Crippen LogP contribution in [-0.4, -0.2) is 52.6 Å². The highest BCUT2D eigenvalue weighted by Crippen LogP contribution is 2.36. The standard InChI is InChI=1S/C22H24F3N5/c23-22(24,25)20-10-5-4-9-19(20)21-17-26-27-30(21)12-6-11-28-13-15-29(16-14-28)18-7-2-1-3-8-18/h1-5,7-10,17H,6,11-16H2. The average molecular weight is 415 g/mol. The van der Waals surface area contributed by atoms with Crippen molar-refractivity contribution in [1.29, 1.82) is 0 Å². The smallest absolute Gasteiger partial charge is 0.369 e. The Morgan fingerprint density at radius 2 is 1.53 bits per heavy atom. The first-order valence-corrected chi connectivity index (χ1v) is 10.1. The molecular formula is C22H24F3N5. The zero-order valence-electron chi connectivity index (χ0n) is 16.6. The molecule has 0 atom stereocenters. The third-order valence-corrected chi connectivity index (χ3v) is 5.46. The van der Waals surface area contributed by atoms with Crippen LogP contribution in [0.2, 0.25) is 0 Å². The maximum Gasteiger partial charge on any atom is 0.417 e. The van der Waals surface area contributed by atoms with E-state index in [0.717, 1.165) is 45.2 Å². The molecule has 0 aliphatic carbocycles. The van der Waals surface area contributed by atoms with Crippen LogP contribution in [0.25, 0.3) is 11.3 Å². The quantitative estimate of drug-likeness (QED) is 0.606. The van der Waals surface area contributed by atoms with Crippen molar-refractivity contribution >= 4 is 5.69 Å². The van der Waals surface area contributed by atoms with Crippen LogP contribution in [-0.2, 0) is 12.7 Å². The Kier molecular flexibility index (Phi) is 6.03. The summed E-state index contributed by atoms with van der Waals surface area (Å²) in [4.78, 5) is 4.76. The van der Waals surface area contributed by atoms with Crippen molar-refractivity contribution in [3.63, 3.8) is 0 Å². The summed E-state index contributed by atoms with van der Waals surface area (Å²) in [5.74, 6) is 0. The lowest BCUT2D eigenvalue weighted by Gasteiger charge is -2.36. The molecule has 1 aromatic heterocycles. The van der Waals surface area contributed by atoms with E-state index in [2.05, 4.69) is 32.2 Å². The van der Waals surface area contributed by atoms with Gasteiger partial charge in [-0.2, -0.15) is 13.2 Å². The first-order chi connectivity index (χ1) is 14.5. The van der Waals surface area contributed by atoms with Crippen LogP contribution in [0.4, 0.5) is 18.9 Å². The van der Waals surface area contributed by atoms with Gasteiger partial charge in [0.15, 0.2) is 0 Å². The highest BCUT2D eigenvalue weighted by atomic mass is 19.4. The van der Waals surface area contributed by atoms with Gasteiger partial charge in [0.05, 0.1) is 17.5 Å². The lowest BCUT2D eigenvalue weighted by atomic mass is 10.0. The minimum absolute atomic E-state index is 0.117. The van der Waals surface area contributed by atoms with Crippen LogP contribution in [0.5, 0.6) is 0 Å². The SMILES string of the molecule is FC(F)(F)c1ccccc1-c1cnnn1CCCN1CCN(c2ccccc2)CC1. The largest absolute Gasteiger partial charge is 0.417 e. The molecule has 0 N–H and O–H groups in total. The van der Waals surface area contributed by atoms with Gasteiger partial charge in [0, 0.05) is 50.5 Å². The van der Waals surface area contributed by atoms with Crippen molar-refractivity contribution in [2.24, 2.45) is 0 Å². The molecule has 2 aromatic carbocycles. The van der Waals surface area contributed by atoms with Gasteiger partial charge in [-0.3, -0.25) is 4.90 Å². The van der Waals surface area contributed by atoms with E-state index in [1.165, 1.54) is 24.0 Å². The monoisotopic (exact) mass is 415 g/mol. The Bertz CT molecular complexity index is 947. The summed E-state index contributed by atoms with van der Waals surface area (Å²) >= 11 is 0. The fourth-order valence-electron chi connectivity index (χ4n) is 3.90. The molecular weight excluding hydrogens is 391 g/mol. The van der Waals surface area contributed by atoms with E-state index in [9.17, 15) is 13.2 Å². The maximum absolute atomic E-state index is 13.4. The van der Waals surface area contributed by atoms with Crippen LogP contribution >= 0.6 is 0 Å². The first kappa shape index (κ1) is 20.4. The summed E-state index contributed by atoms with van der Waals surface area (Å²) in [6.45, 7) is 5.28. The molecule has 8 heteroatoms. The first-order valence-electron chi connectivity index (χ1n) is 10.1. The Morgan fingerprint density at radius 3 is 2.27 bits per heavy atom. The lowest BCUT2D eigenvalue weighted by molar-refractivity contribution is -0.137. The molecule has 0 saturated carbocycles. The second-order valence-electron chi connectivity index (χ2n) is 7.40. The summed E-state index contributed by atoms with van der Waals surface area (Å²) in [6, 6.07) is 15.9. The molecule has 5 nitrogen and oxygen atoms in total. The topological polar surface area (TPSA) is 37.2 Å². The van der Waals surface area contributed by atoms with Crippen LogP contribution in [0.15, 0.2) is 60.8 Å². The zero-order valence-corrected chi connectivity index (χ0v) is 16.6. The van der Waals surface area contributed by atoms with Crippen molar-refractivity contribution in [3.05, 3.63) is 66.4 Å². The summed E-state index contributed by atoms with van der Waals surface area (Å²) in [6.07, 6.45) is -2.21. The highest BCUT2D eigenvalue weighted by molar-refractivity contribution is 5.63. The van der Waals surface area contributed by atoms with Crippen molar-refractivity contribution in [3.8, 4) is 11.3 Å². The van der Waals surface area contributed by atoms with E-state index in [4.69, 9.17) is 0 Å². The molecule has 30 heavy (non-hydrogen) atoms. The van der Waals surface area contributed by atoms with Crippen LogP contribution in [0.1, 0.15) is 12.0 Å². The van der Waals surface area contributed by atoms with Gasteiger partial charge in [0.2, 0.25) is 0 Å². The molecule has 3 aromatic rings. The molecule has 0 amide bonds. The van der Waals surface area contributed by atoms with Crippen molar-refractivity contribution in [1.82, 2.24) is 19.9 Å². The molecule has 158 valence electrons. The molecule has 0 spiro atoms. The van der Waals surface area contributed by atoms with Gasteiger partial charge in [0.1, 0.15) is 0 Å². The van der Waals surface area contributed by atoms with Gasteiger partial charge in [0.25, 0.3) is 0 Å². The normalized spacial score (nSPS) is 15.5. The number of hydrogen-bond donors (Lipinski definition) is 0. The number of rotatable bonds is 6. The third kappa shape index (κ3) is 4.64. The van der Waals surface area contributed by atoms with Gasteiger partial charge in [-0.25, -0.2) is 4.68 Å². The Labute approximate surface area is 173 Å². The molecule has 0 bridgehead atoms. The molecule has 1 aliphatic heterocycles. The number of alkyl halides is 3. The molecule has 0 unspecified atom stereocenters. The van der Waals surface area contributed by atoms with Crippen LogP contribution in [0, 0.1) is 0 Å². The van der Waals surface area contributed by atoms with Gasteiger partial charge in [-0.15, -0.1) is 5.10 Å². The van der Waals surface area contributed by atoms with Crippen molar-refractivity contribution < 1.29 is 13.2 Å². The fraction of sp³-hybridized carbons (Fsp3) is 0.364. The summed E-state index contributed by atoms with van der Waals surface area (Å²) < 4.78 is 41.7. The average Bonchev–Trinajstić information content (AvgIpc) is 3.23. The number of nitrogens with zero attached hydrogens (tertiary/aromatic N) is 5. The molecule has 1 aliphatic rings. The van der Waals surface area contributed by atoms with Crippen LogP contribution in [0.3, 0.4) is 0 Å². The molecule has 0 radical (unpaired) electrons. The third-order valence-electron chi connectivity index (χ3n) is 5.46. The highest BCUT2D eigenvalue weighted by Gasteiger charge is 2.34. The fourth-order valence-corrected chi connectivity index (χ4v) is 3.90. The Hall–Kier alpha value is -2.87. The number of halogens is 3. The van der Waals surface area contributed by atoms with E-state index >= 15 is 0 Å². The Balaban J connectivity index is 1.33. The zero-order chi connectivity index (χ0) is 21.0. The van der Waals surface area contributed by atoms with E-state index in [0.29, 0.717) is 12.2 Å². The predicted molar refractivity (Wildman–Crippen MR) is 110 cm³/mol. The summed E-state index contributed by atoms with van der Waals surface area (Å²) in [5.41, 5.74) is 1.10. The second kappa shape index (κ2) is 8.87. The van der Waals surface area contributed by atoms with E-state index in [1.54, 1.807) is 10.7 Å². The Morgan fingerprint density at radius 1 is 0.833 bits per heavy atom. The lowest BCUT2D eigenvalue weighted by Crippen LogP contribution is -2.46. The van der Waals surface area contributed by atoms with Crippen molar-refractivity contribution in [2.45, 2.75) is 19.1 Å². The van der Waals surface area contributed by atoms with Gasteiger partial charge < -0.3 is 4.90 Å².